The molecule has 10 nitrogen and oxygen atoms in total. The van der Waals surface area contributed by atoms with Crippen LogP contribution in [-0.2, 0) is 21.4 Å². The fourth-order valence-electron chi connectivity index (χ4n) is 2.58. The van der Waals surface area contributed by atoms with Crippen LogP contribution < -0.4 is 5.32 Å². The first-order chi connectivity index (χ1) is 13.2. The van der Waals surface area contributed by atoms with Gasteiger partial charge in [-0.05, 0) is 24.3 Å². The first kappa shape index (κ1) is 19.5. The molecule has 0 fully saturated rings. The summed E-state index contributed by atoms with van der Waals surface area (Å²) in [4.78, 5) is 22.8. The smallest absolute Gasteiger partial charge is 0.271 e. The minimum Gasteiger partial charge on any atom is -0.324 e. The number of hydrogen-bond donors (Lipinski definition) is 1. The van der Waals surface area contributed by atoms with Crippen LogP contribution in [0.2, 0.25) is 0 Å². The summed E-state index contributed by atoms with van der Waals surface area (Å²) in [6, 6.07) is 10.2. The van der Waals surface area contributed by atoms with E-state index >= 15 is 0 Å². The third-order valence-corrected chi connectivity index (χ3v) is 5.84. The fourth-order valence-corrected chi connectivity index (χ4v) is 3.53. The number of carbonyl (C=O) groups excluding carboxylic acids is 1. The van der Waals surface area contributed by atoms with Gasteiger partial charge in [-0.2, -0.15) is 5.10 Å². The van der Waals surface area contributed by atoms with E-state index in [9.17, 15) is 23.3 Å². The second-order valence-corrected chi connectivity index (χ2v) is 8.32. The van der Waals surface area contributed by atoms with Crippen molar-refractivity contribution in [3.05, 3.63) is 58.8 Å². The van der Waals surface area contributed by atoms with Crippen molar-refractivity contribution in [2.24, 2.45) is 0 Å². The lowest BCUT2D eigenvalue weighted by Gasteiger charge is -2.12. The van der Waals surface area contributed by atoms with Crippen LogP contribution in [-0.4, -0.2) is 47.4 Å². The van der Waals surface area contributed by atoms with Crippen LogP contribution in [0.1, 0.15) is 0 Å². The largest absolute Gasteiger partial charge is 0.324 e. The van der Waals surface area contributed by atoms with Gasteiger partial charge in [-0.1, -0.05) is 6.07 Å². The zero-order valence-electron chi connectivity index (χ0n) is 15.1. The molecule has 11 heteroatoms. The standard InChI is InChI=1S/C17H17N5O5S/c1-20(2)28(26,27)15-5-3-4-13(8-15)19-17(23)11-21-16-9-14(22(24)25)7-6-12(16)10-18-21/h3-10H,11H2,1-2H3,(H,19,23). The third kappa shape index (κ3) is 3.85. The van der Waals surface area contributed by atoms with E-state index in [2.05, 4.69) is 10.4 Å². The molecule has 1 N–H and O–H groups in total. The van der Waals surface area contributed by atoms with Crippen molar-refractivity contribution in [1.82, 2.24) is 14.1 Å². The Bertz CT molecular complexity index is 1170. The number of aromatic nitrogens is 2. The van der Waals surface area contributed by atoms with Crippen LogP contribution in [0, 0.1) is 10.1 Å². The van der Waals surface area contributed by atoms with E-state index in [1.807, 2.05) is 0 Å². The molecule has 1 aromatic heterocycles. The molecule has 3 rings (SSSR count). The van der Waals surface area contributed by atoms with Gasteiger partial charge in [0.2, 0.25) is 15.9 Å². The quantitative estimate of drug-likeness (QED) is 0.494. The van der Waals surface area contributed by atoms with E-state index in [4.69, 9.17) is 0 Å². The molecule has 0 aliphatic carbocycles. The number of nitrogens with one attached hydrogen (secondary N) is 1. The predicted octanol–water partition coefficient (Wildman–Crippen LogP) is 1.83. The van der Waals surface area contributed by atoms with Gasteiger partial charge in [-0.15, -0.1) is 0 Å². The molecular formula is C17H17N5O5S. The molecule has 1 heterocycles. The Morgan fingerprint density at radius 3 is 2.68 bits per heavy atom. The van der Waals surface area contributed by atoms with E-state index in [1.165, 1.54) is 55.3 Å². The number of hydrogen-bond acceptors (Lipinski definition) is 6. The second kappa shape index (κ2) is 7.37. The number of non-ortho nitro benzene ring substituents is 1. The summed E-state index contributed by atoms with van der Waals surface area (Å²) in [5.74, 6) is -0.448. The Hall–Kier alpha value is -3.31. The molecule has 2 aromatic carbocycles. The number of nitro benzene ring substituents is 1. The van der Waals surface area contributed by atoms with Crippen molar-refractivity contribution >= 4 is 38.2 Å². The monoisotopic (exact) mass is 403 g/mol. The van der Waals surface area contributed by atoms with Crippen molar-refractivity contribution in [1.29, 1.82) is 0 Å². The van der Waals surface area contributed by atoms with E-state index in [0.717, 1.165) is 4.31 Å². The summed E-state index contributed by atoms with van der Waals surface area (Å²) in [5, 5.41) is 18.3. The SMILES string of the molecule is CN(C)S(=O)(=O)c1cccc(NC(=O)Cn2ncc3ccc([N+](=O)[O-])cc32)c1. The van der Waals surface area contributed by atoms with Crippen LogP contribution in [0.25, 0.3) is 10.9 Å². The summed E-state index contributed by atoms with van der Waals surface area (Å²) in [7, 11) is -0.788. The molecule has 1 amide bonds. The van der Waals surface area contributed by atoms with Crippen molar-refractivity contribution < 1.29 is 18.1 Å². The van der Waals surface area contributed by atoms with Crippen LogP contribution in [0.3, 0.4) is 0 Å². The second-order valence-electron chi connectivity index (χ2n) is 6.17. The maximum atomic E-state index is 12.4. The van der Waals surface area contributed by atoms with E-state index in [-0.39, 0.29) is 17.1 Å². The Morgan fingerprint density at radius 2 is 2.00 bits per heavy atom. The van der Waals surface area contributed by atoms with Crippen molar-refractivity contribution in [2.75, 3.05) is 19.4 Å². The predicted molar refractivity (Wildman–Crippen MR) is 102 cm³/mol. The number of benzene rings is 2. The number of rotatable bonds is 6. The summed E-state index contributed by atoms with van der Waals surface area (Å²) in [5.41, 5.74) is 0.667. The molecule has 3 aromatic rings. The number of carbonyl (C=O) groups is 1. The topological polar surface area (TPSA) is 127 Å². The number of anilines is 1. The van der Waals surface area contributed by atoms with Crippen LogP contribution in [0.5, 0.6) is 0 Å². The highest BCUT2D eigenvalue weighted by Crippen LogP contribution is 2.21. The number of amides is 1. The first-order valence-corrected chi connectivity index (χ1v) is 9.55. The van der Waals surface area contributed by atoms with Gasteiger partial charge < -0.3 is 5.32 Å². The van der Waals surface area contributed by atoms with E-state index in [0.29, 0.717) is 16.6 Å². The normalized spacial score (nSPS) is 11.7. The minimum atomic E-state index is -3.63. The van der Waals surface area contributed by atoms with Crippen molar-refractivity contribution in [3.63, 3.8) is 0 Å². The lowest BCUT2D eigenvalue weighted by molar-refractivity contribution is -0.384. The molecule has 0 unspecified atom stereocenters. The summed E-state index contributed by atoms with van der Waals surface area (Å²) in [6.45, 7) is -0.185. The van der Waals surface area contributed by atoms with Crippen LogP contribution in [0.15, 0.2) is 53.6 Å². The summed E-state index contributed by atoms with van der Waals surface area (Å²) in [6.07, 6.45) is 1.51. The highest BCUT2D eigenvalue weighted by molar-refractivity contribution is 7.89. The van der Waals surface area contributed by atoms with Crippen LogP contribution >= 0.6 is 0 Å². The van der Waals surface area contributed by atoms with Gasteiger partial charge in [0.15, 0.2) is 0 Å². The number of nitro groups is 1. The number of fused-ring (bicyclic) bond motifs is 1. The molecule has 0 aliphatic rings. The molecule has 0 spiro atoms. The molecule has 0 atom stereocenters. The van der Waals surface area contributed by atoms with E-state index in [1.54, 1.807) is 12.1 Å². The third-order valence-electron chi connectivity index (χ3n) is 4.03. The Balaban J connectivity index is 1.81. The Morgan fingerprint density at radius 1 is 1.25 bits per heavy atom. The maximum Gasteiger partial charge on any atom is 0.271 e. The summed E-state index contributed by atoms with van der Waals surface area (Å²) >= 11 is 0. The lowest BCUT2D eigenvalue weighted by Crippen LogP contribution is -2.23. The van der Waals surface area contributed by atoms with Gasteiger partial charge in [0.25, 0.3) is 5.69 Å². The zero-order valence-corrected chi connectivity index (χ0v) is 15.9. The van der Waals surface area contributed by atoms with Gasteiger partial charge in [-0.3, -0.25) is 19.6 Å². The Kier molecular flexibility index (Phi) is 5.12. The van der Waals surface area contributed by atoms with Gasteiger partial charge in [0.05, 0.1) is 21.5 Å². The van der Waals surface area contributed by atoms with E-state index < -0.39 is 20.9 Å². The van der Waals surface area contributed by atoms with Crippen molar-refractivity contribution in [2.45, 2.75) is 11.4 Å². The number of sulfonamides is 1. The molecule has 0 bridgehead atoms. The average Bonchev–Trinajstić information content (AvgIpc) is 3.03. The van der Waals surface area contributed by atoms with Gasteiger partial charge in [0.1, 0.15) is 6.54 Å². The number of nitrogens with zero attached hydrogens (tertiary/aromatic N) is 4. The molecule has 0 radical (unpaired) electrons. The van der Waals surface area contributed by atoms with Gasteiger partial charge in [-0.25, -0.2) is 12.7 Å². The van der Waals surface area contributed by atoms with Gasteiger partial charge >= 0.3 is 0 Å². The maximum absolute atomic E-state index is 12.4. The lowest BCUT2D eigenvalue weighted by atomic mass is 10.2. The fraction of sp³-hybridized carbons (Fsp3) is 0.176. The molecule has 0 saturated heterocycles. The average molecular weight is 403 g/mol. The molecular weight excluding hydrogens is 386 g/mol. The summed E-state index contributed by atoms with van der Waals surface area (Å²) < 4.78 is 26.8. The van der Waals surface area contributed by atoms with Crippen molar-refractivity contribution in [3.8, 4) is 0 Å². The molecule has 0 saturated carbocycles. The minimum absolute atomic E-state index is 0.0514. The molecule has 0 aliphatic heterocycles. The highest BCUT2D eigenvalue weighted by atomic mass is 32.2. The molecule has 28 heavy (non-hydrogen) atoms. The highest BCUT2D eigenvalue weighted by Gasteiger charge is 2.18. The van der Waals surface area contributed by atoms with Gasteiger partial charge in [0, 0.05) is 37.3 Å². The first-order valence-electron chi connectivity index (χ1n) is 8.11. The van der Waals surface area contributed by atoms with Crippen LogP contribution in [0.4, 0.5) is 11.4 Å². The molecule has 146 valence electrons. The zero-order chi connectivity index (χ0) is 20.5. The Labute approximate surface area is 160 Å².